The monoisotopic (exact) mass is 240 g/mol. The zero-order chi connectivity index (χ0) is 12.8. The lowest BCUT2D eigenvalue weighted by atomic mass is 10.1. The number of pyridine rings is 1. The average molecular weight is 240 g/mol. The summed E-state index contributed by atoms with van der Waals surface area (Å²) in [5.74, 6) is 0. The maximum atomic E-state index is 4.34. The van der Waals surface area contributed by atoms with E-state index >= 15 is 0 Å². The van der Waals surface area contributed by atoms with Crippen molar-refractivity contribution < 1.29 is 0 Å². The SMILES string of the molecule is CC(C)NCc1ccc(Cc2ccccn2)cc1. The van der Waals surface area contributed by atoms with Crippen LogP contribution >= 0.6 is 0 Å². The maximum Gasteiger partial charge on any atom is 0.0447 e. The second kappa shape index (κ2) is 6.31. The van der Waals surface area contributed by atoms with E-state index in [2.05, 4.69) is 54.5 Å². The second-order valence-corrected chi connectivity index (χ2v) is 4.85. The lowest BCUT2D eigenvalue weighted by Gasteiger charge is -2.08. The molecule has 0 bridgehead atoms. The fourth-order valence-electron chi connectivity index (χ4n) is 1.81. The Hall–Kier alpha value is -1.67. The van der Waals surface area contributed by atoms with Crippen molar-refractivity contribution in [2.75, 3.05) is 0 Å². The van der Waals surface area contributed by atoms with E-state index in [1.54, 1.807) is 0 Å². The Bertz CT molecular complexity index is 460. The molecule has 0 amide bonds. The van der Waals surface area contributed by atoms with Crippen molar-refractivity contribution in [3.05, 3.63) is 65.5 Å². The molecule has 1 aromatic carbocycles. The Morgan fingerprint density at radius 3 is 2.33 bits per heavy atom. The van der Waals surface area contributed by atoms with E-state index in [1.165, 1.54) is 11.1 Å². The Balaban J connectivity index is 1.95. The van der Waals surface area contributed by atoms with Crippen LogP contribution in [0, 0.1) is 0 Å². The molecule has 1 heterocycles. The normalized spacial score (nSPS) is 10.8. The molecule has 0 saturated carbocycles. The van der Waals surface area contributed by atoms with Gasteiger partial charge in [0.25, 0.3) is 0 Å². The first-order valence-electron chi connectivity index (χ1n) is 6.45. The van der Waals surface area contributed by atoms with Gasteiger partial charge in [-0.15, -0.1) is 0 Å². The Kier molecular flexibility index (Phi) is 4.48. The predicted octanol–water partition coefficient (Wildman–Crippen LogP) is 3.17. The van der Waals surface area contributed by atoms with Crippen LogP contribution in [0.15, 0.2) is 48.7 Å². The third-order valence-corrected chi connectivity index (χ3v) is 2.85. The van der Waals surface area contributed by atoms with Gasteiger partial charge in [0.05, 0.1) is 0 Å². The molecule has 2 nitrogen and oxygen atoms in total. The Morgan fingerprint density at radius 1 is 1.00 bits per heavy atom. The first-order chi connectivity index (χ1) is 8.74. The van der Waals surface area contributed by atoms with E-state index in [1.807, 2.05) is 18.3 Å². The van der Waals surface area contributed by atoms with E-state index in [-0.39, 0.29) is 0 Å². The minimum atomic E-state index is 0.526. The molecule has 1 N–H and O–H groups in total. The summed E-state index contributed by atoms with van der Waals surface area (Å²) in [6.07, 6.45) is 2.75. The molecule has 2 rings (SSSR count). The lowest BCUT2D eigenvalue weighted by Crippen LogP contribution is -2.21. The smallest absolute Gasteiger partial charge is 0.0447 e. The zero-order valence-electron chi connectivity index (χ0n) is 11.1. The van der Waals surface area contributed by atoms with Crippen LogP contribution in [0.4, 0.5) is 0 Å². The molecule has 0 atom stereocenters. The first kappa shape index (κ1) is 12.8. The van der Waals surface area contributed by atoms with Gasteiger partial charge in [-0.1, -0.05) is 44.2 Å². The molecule has 2 heteroatoms. The molecule has 0 saturated heterocycles. The third-order valence-electron chi connectivity index (χ3n) is 2.85. The summed E-state index contributed by atoms with van der Waals surface area (Å²) in [6, 6.07) is 15.3. The number of aromatic nitrogens is 1. The van der Waals surface area contributed by atoms with E-state index < -0.39 is 0 Å². The molecular formula is C16H20N2. The first-order valence-corrected chi connectivity index (χ1v) is 6.45. The highest BCUT2D eigenvalue weighted by Gasteiger charge is 1.98. The Morgan fingerprint density at radius 2 is 1.72 bits per heavy atom. The van der Waals surface area contributed by atoms with Crippen LogP contribution in [-0.2, 0) is 13.0 Å². The molecule has 0 aliphatic rings. The van der Waals surface area contributed by atoms with E-state index in [9.17, 15) is 0 Å². The molecule has 1 aromatic heterocycles. The number of hydrogen-bond donors (Lipinski definition) is 1. The van der Waals surface area contributed by atoms with Gasteiger partial charge in [-0.3, -0.25) is 4.98 Å². The van der Waals surface area contributed by atoms with Crippen LogP contribution < -0.4 is 5.32 Å². The third kappa shape index (κ3) is 3.97. The van der Waals surface area contributed by atoms with E-state index in [0.717, 1.165) is 18.7 Å². The fourth-order valence-corrected chi connectivity index (χ4v) is 1.81. The van der Waals surface area contributed by atoms with Crippen molar-refractivity contribution in [2.45, 2.75) is 32.9 Å². The highest BCUT2D eigenvalue weighted by molar-refractivity contribution is 5.26. The minimum Gasteiger partial charge on any atom is -0.310 e. The van der Waals surface area contributed by atoms with Crippen LogP contribution in [0.2, 0.25) is 0 Å². The topological polar surface area (TPSA) is 24.9 Å². The largest absolute Gasteiger partial charge is 0.310 e. The minimum absolute atomic E-state index is 0.526. The van der Waals surface area contributed by atoms with Gasteiger partial charge in [-0.2, -0.15) is 0 Å². The summed E-state index contributed by atoms with van der Waals surface area (Å²) < 4.78 is 0. The van der Waals surface area contributed by atoms with Gasteiger partial charge in [0.2, 0.25) is 0 Å². The summed E-state index contributed by atoms with van der Waals surface area (Å²) in [6.45, 7) is 5.26. The van der Waals surface area contributed by atoms with Crippen LogP contribution in [0.5, 0.6) is 0 Å². The Labute approximate surface area is 109 Å². The van der Waals surface area contributed by atoms with Crippen molar-refractivity contribution >= 4 is 0 Å². The molecule has 0 unspecified atom stereocenters. The summed E-state index contributed by atoms with van der Waals surface area (Å²) in [7, 11) is 0. The van der Waals surface area contributed by atoms with Gasteiger partial charge >= 0.3 is 0 Å². The van der Waals surface area contributed by atoms with Gasteiger partial charge in [-0.05, 0) is 23.3 Å². The average Bonchev–Trinajstić information content (AvgIpc) is 2.39. The molecule has 0 aliphatic carbocycles. The van der Waals surface area contributed by atoms with Gasteiger partial charge < -0.3 is 5.32 Å². The fraction of sp³-hybridized carbons (Fsp3) is 0.312. The van der Waals surface area contributed by atoms with E-state index in [0.29, 0.717) is 6.04 Å². The highest BCUT2D eigenvalue weighted by Crippen LogP contribution is 2.09. The second-order valence-electron chi connectivity index (χ2n) is 4.85. The van der Waals surface area contributed by atoms with Crippen molar-refractivity contribution in [3.63, 3.8) is 0 Å². The molecule has 0 spiro atoms. The van der Waals surface area contributed by atoms with Crippen LogP contribution in [0.3, 0.4) is 0 Å². The van der Waals surface area contributed by atoms with Crippen molar-refractivity contribution in [2.24, 2.45) is 0 Å². The highest BCUT2D eigenvalue weighted by atomic mass is 14.9. The van der Waals surface area contributed by atoms with Gasteiger partial charge in [0.1, 0.15) is 0 Å². The summed E-state index contributed by atoms with van der Waals surface area (Å²) in [4.78, 5) is 4.34. The summed E-state index contributed by atoms with van der Waals surface area (Å²) in [5, 5.41) is 3.42. The molecule has 2 aromatic rings. The van der Waals surface area contributed by atoms with Crippen LogP contribution in [-0.4, -0.2) is 11.0 Å². The number of hydrogen-bond acceptors (Lipinski definition) is 2. The number of rotatable bonds is 5. The predicted molar refractivity (Wildman–Crippen MR) is 75.5 cm³/mol. The van der Waals surface area contributed by atoms with Crippen molar-refractivity contribution in [1.82, 2.24) is 10.3 Å². The summed E-state index contributed by atoms with van der Waals surface area (Å²) in [5.41, 5.74) is 3.75. The number of nitrogens with zero attached hydrogens (tertiary/aromatic N) is 1. The van der Waals surface area contributed by atoms with E-state index in [4.69, 9.17) is 0 Å². The standard InChI is InChI=1S/C16H20N2/c1-13(2)18-12-15-8-6-14(7-9-15)11-16-5-3-4-10-17-16/h3-10,13,18H,11-12H2,1-2H3. The van der Waals surface area contributed by atoms with Gasteiger partial charge in [0.15, 0.2) is 0 Å². The van der Waals surface area contributed by atoms with Crippen LogP contribution in [0.25, 0.3) is 0 Å². The molecule has 94 valence electrons. The number of benzene rings is 1. The zero-order valence-corrected chi connectivity index (χ0v) is 11.1. The van der Waals surface area contributed by atoms with Crippen molar-refractivity contribution in [1.29, 1.82) is 0 Å². The van der Waals surface area contributed by atoms with Gasteiger partial charge in [-0.25, -0.2) is 0 Å². The van der Waals surface area contributed by atoms with Crippen molar-refractivity contribution in [3.8, 4) is 0 Å². The molecule has 0 radical (unpaired) electrons. The summed E-state index contributed by atoms with van der Waals surface area (Å²) >= 11 is 0. The maximum absolute atomic E-state index is 4.34. The molecule has 0 aliphatic heterocycles. The quantitative estimate of drug-likeness (QED) is 0.868. The number of nitrogens with one attached hydrogen (secondary N) is 1. The molecule has 0 fully saturated rings. The molecule has 18 heavy (non-hydrogen) atoms. The van der Waals surface area contributed by atoms with Gasteiger partial charge in [0, 0.05) is 30.9 Å². The lowest BCUT2D eigenvalue weighted by molar-refractivity contribution is 0.589. The molecular weight excluding hydrogens is 220 g/mol. The van der Waals surface area contributed by atoms with Crippen LogP contribution in [0.1, 0.15) is 30.7 Å².